The predicted octanol–water partition coefficient (Wildman–Crippen LogP) is 4.40. The molecule has 0 aliphatic carbocycles. The van der Waals surface area contributed by atoms with Crippen LogP contribution in [0.5, 0.6) is 0 Å². The maximum atomic E-state index is 4.82. The van der Waals surface area contributed by atoms with Gasteiger partial charge < -0.3 is 5.32 Å². The zero-order valence-corrected chi connectivity index (χ0v) is 14.4. The molecule has 1 aromatic heterocycles. The van der Waals surface area contributed by atoms with Gasteiger partial charge in [-0.25, -0.2) is 4.98 Å². The van der Waals surface area contributed by atoms with Gasteiger partial charge in [0, 0.05) is 23.3 Å². The van der Waals surface area contributed by atoms with Crippen molar-refractivity contribution in [1.29, 1.82) is 0 Å². The van der Waals surface area contributed by atoms with Crippen molar-refractivity contribution in [3.05, 3.63) is 16.1 Å². The average molecular weight is 282 g/mol. The lowest BCUT2D eigenvalue weighted by Crippen LogP contribution is -2.32. The summed E-state index contributed by atoms with van der Waals surface area (Å²) in [5.41, 5.74) is 1.69. The Bertz CT molecular complexity index is 388. The van der Waals surface area contributed by atoms with E-state index < -0.39 is 0 Å². The third kappa shape index (κ3) is 5.62. The van der Waals surface area contributed by atoms with Gasteiger partial charge in [0.05, 0.1) is 10.7 Å². The van der Waals surface area contributed by atoms with Crippen LogP contribution in [-0.4, -0.2) is 17.6 Å². The minimum absolute atomic E-state index is 0.163. The Balaban J connectivity index is 2.65. The van der Waals surface area contributed by atoms with Crippen LogP contribution in [0.25, 0.3) is 0 Å². The van der Waals surface area contributed by atoms with Crippen LogP contribution < -0.4 is 5.32 Å². The van der Waals surface area contributed by atoms with Crippen molar-refractivity contribution in [3.8, 4) is 0 Å². The van der Waals surface area contributed by atoms with Crippen molar-refractivity contribution in [2.75, 3.05) is 6.54 Å². The van der Waals surface area contributed by atoms with E-state index in [0.717, 1.165) is 13.0 Å². The van der Waals surface area contributed by atoms with Crippen LogP contribution in [-0.2, 0) is 11.8 Å². The van der Waals surface area contributed by atoms with Crippen LogP contribution in [0.2, 0.25) is 0 Å². The second-order valence-electron chi connectivity index (χ2n) is 7.38. The van der Waals surface area contributed by atoms with Crippen molar-refractivity contribution >= 4 is 11.3 Å². The number of nitrogens with one attached hydrogen (secondary N) is 1. The van der Waals surface area contributed by atoms with Crippen molar-refractivity contribution < 1.29 is 0 Å². The van der Waals surface area contributed by atoms with E-state index >= 15 is 0 Å². The van der Waals surface area contributed by atoms with E-state index in [1.54, 1.807) is 0 Å². The van der Waals surface area contributed by atoms with E-state index in [4.69, 9.17) is 4.98 Å². The molecule has 0 fully saturated rings. The lowest BCUT2D eigenvalue weighted by atomic mass is 9.83. The van der Waals surface area contributed by atoms with Crippen LogP contribution >= 0.6 is 11.3 Å². The maximum Gasteiger partial charge on any atom is 0.0933 e. The Morgan fingerprint density at radius 2 is 1.89 bits per heavy atom. The Morgan fingerprint density at radius 3 is 2.37 bits per heavy atom. The van der Waals surface area contributed by atoms with Crippen molar-refractivity contribution in [1.82, 2.24) is 10.3 Å². The summed E-state index contributed by atoms with van der Waals surface area (Å²) in [7, 11) is 0. The minimum atomic E-state index is 0.163. The Kier molecular flexibility index (Phi) is 5.57. The predicted molar refractivity (Wildman–Crippen MR) is 86.1 cm³/mol. The number of hydrogen-bond acceptors (Lipinski definition) is 3. The SMILES string of the molecule is CCNC(C)CC(C)(C)Cc1nc(C(C)(C)C)cs1. The van der Waals surface area contributed by atoms with Gasteiger partial charge in [0.2, 0.25) is 0 Å². The summed E-state index contributed by atoms with van der Waals surface area (Å²) < 4.78 is 0. The van der Waals surface area contributed by atoms with Crippen LogP contribution in [0.4, 0.5) is 0 Å². The molecular weight excluding hydrogens is 252 g/mol. The van der Waals surface area contributed by atoms with Gasteiger partial charge in [-0.05, 0) is 25.3 Å². The number of aromatic nitrogens is 1. The maximum absolute atomic E-state index is 4.82. The highest BCUT2D eigenvalue weighted by atomic mass is 32.1. The van der Waals surface area contributed by atoms with Crippen molar-refractivity contribution in [3.63, 3.8) is 0 Å². The first-order valence-electron chi connectivity index (χ1n) is 7.32. The number of nitrogens with zero attached hydrogens (tertiary/aromatic N) is 1. The number of thiazole rings is 1. The van der Waals surface area contributed by atoms with Gasteiger partial charge in [0.15, 0.2) is 0 Å². The van der Waals surface area contributed by atoms with Crippen molar-refractivity contribution in [2.24, 2.45) is 5.41 Å². The zero-order valence-electron chi connectivity index (χ0n) is 13.6. The van der Waals surface area contributed by atoms with E-state index in [9.17, 15) is 0 Å². The average Bonchev–Trinajstić information content (AvgIpc) is 2.63. The fourth-order valence-corrected chi connectivity index (χ4v) is 3.75. The van der Waals surface area contributed by atoms with Gasteiger partial charge in [-0.2, -0.15) is 0 Å². The van der Waals surface area contributed by atoms with Crippen molar-refractivity contribution in [2.45, 2.75) is 72.8 Å². The molecule has 3 heteroatoms. The number of hydrogen-bond donors (Lipinski definition) is 1. The summed E-state index contributed by atoms with van der Waals surface area (Å²) in [6.07, 6.45) is 2.26. The van der Waals surface area contributed by atoms with Gasteiger partial charge in [-0.15, -0.1) is 11.3 Å². The van der Waals surface area contributed by atoms with E-state index in [2.05, 4.69) is 59.2 Å². The van der Waals surface area contributed by atoms with Gasteiger partial charge in [-0.1, -0.05) is 41.5 Å². The first-order chi connectivity index (χ1) is 8.64. The monoisotopic (exact) mass is 282 g/mol. The van der Waals surface area contributed by atoms with E-state index in [0.29, 0.717) is 11.5 Å². The normalized spacial score (nSPS) is 14.7. The second-order valence-corrected chi connectivity index (χ2v) is 8.32. The molecule has 0 aliphatic rings. The summed E-state index contributed by atoms with van der Waals surface area (Å²) in [4.78, 5) is 4.82. The second kappa shape index (κ2) is 6.36. The summed E-state index contributed by atoms with van der Waals surface area (Å²) >= 11 is 1.81. The molecule has 1 aromatic rings. The fourth-order valence-electron chi connectivity index (χ4n) is 2.47. The molecule has 0 amide bonds. The molecule has 1 unspecified atom stereocenters. The molecule has 0 saturated carbocycles. The first kappa shape index (κ1) is 16.6. The molecule has 0 aromatic carbocycles. The third-order valence-corrected chi connectivity index (χ3v) is 4.21. The Labute approximate surface area is 123 Å². The molecule has 0 radical (unpaired) electrons. The lowest BCUT2D eigenvalue weighted by Gasteiger charge is -2.27. The molecule has 1 heterocycles. The summed E-state index contributed by atoms with van der Waals surface area (Å²) in [6.45, 7) is 16.9. The smallest absolute Gasteiger partial charge is 0.0933 e. The highest BCUT2D eigenvalue weighted by Crippen LogP contribution is 2.31. The van der Waals surface area contributed by atoms with E-state index in [-0.39, 0.29) is 5.41 Å². The topological polar surface area (TPSA) is 24.9 Å². The van der Waals surface area contributed by atoms with Crippen LogP contribution in [0.3, 0.4) is 0 Å². The largest absolute Gasteiger partial charge is 0.315 e. The van der Waals surface area contributed by atoms with Gasteiger partial charge in [0.25, 0.3) is 0 Å². The highest BCUT2D eigenvalue weighted by Gasteiger charge is 2.24. The quantitative estimate of drug-likeness (QED) is 0.836. The fraction of sp³-hybridized carbons (Fsp3) is 0.812. The number of rotatable bonds is 6. The van der Waals surface area contributed by atoms with Gasteiger partial charge in [-0.3, -0.25) is 0 Å². The first-order valence-corrected chi connectivity index (χ1v) is 8.20. The molecular formula is C16H30N2S. The highest BCUT2D eigenvalue weighted by molar-refractivity contribution is 7.09. The molecule has 1 atom stereocenters. The lowest BCUT2D eigenvalue weighted by molar-refractivity contribution is 0.288. The molecule has 2 nitrogen and oxygen atoms in total. The molecule has 1 rings (SSSR count). The van der Waals surface area contributed by atoms with Crippen LogP contribution in [0, 0.1) is 5.41 Å². The summed E-state index contributed by atoms with van der Waals surface area (Å²) in [5, 5.41) is 7.00. The Morgan fingerprint density at radius 1 is 1.26 bits per heavy atom. The van der Waals surface area contributed by atoms with Crippen LogP contribution in [0.15, 0.2) is 5.38 Å². The summed E-state index contributed by atoms with van der Waals surface area (Å²) in [5.74, 6) is 0. The van der Waals surface area contributed by atoms with E-state index in [1.165, 1.54) is 17.1 Å². The standard InChI is InChI=1S/C16H30N2S/c1-8-17-12(2)9-16(6,7)10-14-18-13(11-19-14)15(3,4)5/h11-12,17H,8-10H2,1-7H3. The molecule has 19 heavy (non-hydrogen) atoms. The zero-order chi connectivity index (χ0) is 14.7. The summed E-state index contributed by atoms with van der Waals surface area (Å²) in [6, 6.07) is 0.571. The molecule has 0 spiro atoms. The molecule has 0 aliphatic heterocycles. The molecule has 0 saturated heterocycles. The minimum Gasteiger partial charge on any atom is -0.315 e. The van der Waals surface area contributed by atoms with Gasteiger partial charge in [0.1, 0.15) is 0 Å². The molecule has 1 N–H and O–H groups in total. The van der Waals surface area contributed by atoms with Gasteiger partial charge >= 0.3 is 0 Å². The molecule has 0 bridgehead atoms. The third-order valence-electron chi connectivity index (χ3n) is 3.36. The molecule has 110 valence electrons. The Hall–Kier alpha value is -0.410. The van der Waals surface area contributed by atoms with E-state index in [1.807, 2.05) is 11.3 Å². The van der Waals surface area contributed by atoms with Crippen LogP contribution in [0.1, 0.15) is 65.6 Å².